The first-order valence-electron chi connectivity index (χ1n) is 4.55. The zero-order chi connectivity index (χ0) is 13.0. The molecule has 7 heteroatoms. The van der Waals surface area contributed by atoms with Crippen molar-refractivity contribution in [1.82, 2.24) is 4.98 Å². The van der Waals surface area contributed by atoms with Crippen LogP contribution in [0.1, 0.15) is 12.0 Å². The van der Waals surface area contributed by atoms with Gasteiger partial charge >= 0.3 is 0 Å². The van der Waals surface area contributed by atoms with Crippen LogP contribution >= 0.6 is 34.8 Å². The number of nitrogens with zero attached hydrogens (tertiary/aromatic N) is 4. The summed E-state index contributed by atoms with van der Waals surface area (Å²) in [5, 5.41) is 17.6. The molecule has 0 amide bonds. The number of hydrogen-bond donors (Lipinski definition) is 0. The molecule has 0 bridgehead atoms. The summed E-state index contributed by atoms with van der Waals surface area (Å²) in [4.78, 5) is 5.66. The van der Waals surface area contributed by atoms with Crippen LogP contribution in [-0.4, -0.2) is 18.6 Å². The largest absolute Gasteiger partial charge is 0.357 e. The van der Waals surface area contributed by atoms with E-state index in [1.54, 1.807) is 11.9 Å². The third-order valence-corrected chi connectivity index (χ3v) is 3.16. The number of hydrogen-bond acceptors (Lipinski definition) is 4. The molecule has 1 aromatic heterocycles. The Bertz CT molecular complexity index is 516. The summed E-state index contributed by atoms with van der Waals surface area (Å²) in [7, 11) is 1.71. The van der Waals surface area contributed by atoms with Crippen LogP contribution in [0.5, 0.6) is 0 Å². The highest BCUT2D eigenvalue weighted by Gasteiger charge is 2.18. The zero-order valence-electron chi connectivity index (χ0n) is 8.84. The van der Waals surface area contributed by atoms with Crippen molar-refractivity contribution in [3.63, 3.8) is 0 Å². The number of rotatable bonds is 3. The van der Waals surface area contributed by atoms with Gasteiger partial charge in [0.05, 0.1) is 17.5 Å². The van der Waals surface area contributed by atoms with E-state index in [4.69, 9.17) is 45.3 Å². The van der Waals surface area contributed by atoms with Crippen molar-refractivity contribution in [2.45, 2.75) is 6.42 Å². The van der Waals surface area contributed by atoms with Crippen molar-refractivity contribution in [2.24, 2.45) is 0 Å². The van der Waals surface area contributed by atoms with Crippen LogP contribution < -0.4 is 4.90 Å². The van der Waals surface area contributed by atoms with Crippen LogP contribution in [0.2, 0.25) is 15.2 Å². The van der Waals surface area contributed by atoms with E-state index in [2.05, 4.69) is 4.98 Å². The Balaban J connectivity index is 3.20. The molecule has 0 aliphatic carbocycles. The normalized spacial score (nSPS) is 9.53. The molecule has 0 saturated carbocycles. The molecule has 1 heterocycles. The molecule has 1 rings (SSSR count). The third kappa shape index (κ3) is 2.92. The highest BCUT2D eigenvalue weighted by Crippen LogP contribution is 2.36. The molecule has 0 aliphatic heterocycles. The van der Waals surface area contributed by atoms with Crippen LogP contribution in [0.3, 0.4) is 0 Å². The first-order chi connectivity index (χ1) is 8.02. The minimum absolute atomic E-state index is 0.000655. The lowest BCUT2D eigenvalue weighted by Crippen LogP contribution is -2.20. The molecule has 0 unspecified atom stereocenters. The third-order valence-electron chi connectivity index (χ3n) is 2.05. The van der Waals surface area contributed by atoms with Crippen molar-refractivity contribution >= 4 is 40.6 Å². The summed E-state index contributed by atoms with van der Waals surface area (Å²) in [5.74, 6) is 0.357. The van der Waals surface area contributed by atoms with Gasteiger partial charge in [0.2, 0.25) is 0 Å². The van der Waals surface area contributed by atoms with Gasteiger partial charge in [0.1, 0.15) is 16.7 Å². The van der Waals surface area contributed by atoms with Crippen LogP contribution in [0.15, 0.2) is 0 Å². The first kappa shape index (κ1) is 13.9. The topological polar surface area (TPSA) is 63.7 Å². The second-order valence-electron chi connectivity index (χ2n) is 3.17. The molecule has 17 heavy (non-hydrogen) atoms. The number of halogens is 3. The minimum Gasteiger partial charge on any atom is -0.357 e. The predicted octanol–water partition coefficient (Wildman–Crippen LogP) is 3.26. The van der Waals surface area contributed by atoms with Crippen LogP contribution in [0, 0.1) is 22.7 Å². The molecule has 0 spiro atoms. The Kier molecular flexibility index (Phi) is 4.84. The van der Waals surface area contributed by atoms with Crippen molar-refractivity contribution < 1.29 is 0 Å². The number of anilines is 1. The number of aromatic nitrogens is 1. The number of nitriles is 2. The van der Waals surface area contributed by atoms with E-state index in [9.17, 15) is 0 Å². The van der Waals surface area contributed by atoms with Gasteiger partial charge in [-0.15, -0.1) is 0 Å². The monoisotopic (exact) mass is 288 g/mol. The lowest BCUT2D eigenvalue weighted by molar-refractivity contribution is 0.885. The van der Waals surface area contributed by atoms with E-state index < -0.39 is 0 Å². The van der Waals surface area contributed by atoms with E-state index in [0.29, 0.717) is 18.8 Å². The molecule has 0 radical (unpaired) electrons. The summed E-state index contributed by atoms with van der Waals surface area (Å²) in [6.07, 6.45) is 0.323. The fourth-order valence-electron chi connectivity index (χ4n) is 1.17. The van der Waals surface area contributed by atoms with Gasteiger partial charge in [-0.3, -0.25) is 0 Å². The molecule has 0 saturated heterocycles. The molecular weight excluding hydrogens is 282 g/mol. The first-order valence-corrected chi connectivity index (χ1v) is 5.69. The minimum atomic E-state index is 0.000655. The standard InChI is InChI=1S/C10H7Cl3N4/c1-17(4-2-3-14)10-8(12)7(11)6(5-15)9(13)16-10/h2,4H2,1H3. The van der Waals surface area contributed by atoms with Gasteiger partial charge < -0.3 is 4.90 Å². The van der Waals surface area contributed by atoms with Gasteiger partial charge in [0, 0.05) is 13.6 Å². The highest BCUT2D eigenvalue weighted by molar-refractivity contribution is 6.45. The number of pyridine rings is 1. The second-order valence-corrected chi connectivity index (χ2v) is 4.28. The fourth-order valence-corrected chi connectivity index (χ4v) is 1.93. The molecule has 0 aromatic carbocycles. The zero-order valence-corrected chi connectivity index (χ0v) is 11.1. The average Bonchev–Trinajstić information content (AvgIpc) is 2.31. The lowest BCUT2D eigenvalue weighted by Gasteiger charge is -2.19. The van der Waals surface area contributed by atoms with Crippen molar-refractivity contribution in [3.8, 4) is 12.1 Å². The SMILES string of the molecule is CN(CCC#N)c1nc(Cl)c(C#N)c(Cl)c1Cl. The van der Waals surface area contributed by atoms with Gasteiger partial charge in [-0.25, -0.2) is 4.98 Å². The van der Waals surface area contributed by atoms with Crippen molar-refractivity contribution in [2.75, 3.05) is 18.5 Å². The maximum atomic E-state index is 8.82. The van der Waals surface area contributed by atoms with Gasteiger partial charge in [-0.1, -0.05) is 34.8 Å². The predicted molar refractivity (Wildman–Crippen MR) is 67.5 cm³/mol. The molecule has 4 nitrogen and oxygen atoms in total. The fraction of sp³-hybridized carbons (Fsp3) is 0.300. The van der Waals surface area contributed by atoms with Gasteiger partial charge in [0.25, 0.3) is 0 Å². The maximum absolute atomic E-state index is 8.82. The van der Waals surface area contributed by atoms with Crippen molar-refractivity contribution in [3.05, 3.63) is 20.8 Å². The Labute approximate surface area is 114 Å². The smallest absolute Gasteiger partial charge is 0.150 e. The van der Waals surface area contributed by atoms with Gasteiger partial charge in [-0.2, -0.15) is 10.5 Å². The molecule has 88 valence electrons. The summed E-state index contributed by atoms with van der Waals surface area (Å²) in [5.41, 5.74) is 0.0516. The van der Waals surface area contributed by atoms with E-state index in [-0.39, 0.29) is 20.8 Å². The Morgan fingerprint density at radius 2 is 1.88 bits per heavy atom. The molecule has 0 fully saturated rings. The molecule has 0 atom stereocenters. The molecular formula is C10H7Cl3N4. The van der Waals surface area contributed by atoms with E-state index in [1.165, 1.54) is 0 Å². The van der Waals surface area contributed by atoms with E-state index >= 15 is 0 Å². The quantitative estimate of drug-likeness (QED) is 0.801. The van der Waals surface area contributed by atoms with Crippen molar-refractivity contribution in [1.29, 1.82) is 10.5 Å². The van der Waals surface area contributed by atoms with Crippen LogP contribution in [0.4, 0.5) is 5.82 Å². The average molecular weight is 290 g/mol. The summed E-state index contributed by atoms with van der Waals surface area (Å²) >= 11 is 17.7. The Hall–Kier alpha value is -1.20. The second kappa shape index (κ2) is 5.93. The highest BCUT2D eigenvalue weighted by atomic mass is 35.5. The summed E-state index contributed by atoms with van der Waals surface area (Å²) in [6, 6.07) is 3.84. The van der Waals surface area contributed by atoms with Gasteiger partial charge in [-0.05, 0) is 0 Å². The van der Waals surface area contributed by atoms with Crippen LogP contribution in [0.25, 0.3) is 0 Å². The summed E-state index contributed by atoms with van der Waals surface area (Å²) < 4.78 is 0. The molecule has 1 aromatic rings. The Morgan fingerprint density at radius 1 is 1.24 bits per heavy atom. The van der Waals surface area contributed by atoms with E-state index in [1.807, 2.05) is 12.1 Å². The molecule has 0 N–H and O–H groups in total. The maximum Gasteiger partial charge on any atom is 0.150 e. The van der Waals surface area contributed by atoms with Gasteiger partial charge in [0.15, 0.2) is 11.0 Å². The molecule has 0 aliphatic rings. The summed E-state index contributed by atoms with van der Waals surface area (Å²) in [6.45, 7) is 0.446. The van der Waals surface area contributed by atoms with E-state index in [0.717, 1.165) is 0 Å². The lowest BCUT2D eigenvalue weighted by atomic mass is 10.3. The van der Waals surface area contributed by atoms with Crippen LogP contribution in [-0.2, 0) is 0 Å². The Morgan fingerprint density at radius 3 is 2.41 bits per heavy atom.